The maximum Gasteiger partial charge on any atom is 0.319 e. The van der Waals surface area contributed by atoms with Gasteiger partial charge in [-0.15, -0.1) is 11.3 Å². The van der Waals surface area contributed by atoms with Gasteiger partial charge >= 0.3 is 6.03 Å². The molecule has 2 amide bonds. The van der Waals surface area contributed by atoms with Gasteiger partial charge in [0.2, 0.25) is 5.88 Å². The third kappa shape index (κ3) is 3.94. The largest absolute Gasteiger partial charge is 0.481 e. The SMILES string of the molecule is CCc1nc([C@H](C)NC(=O)Nc2ccc(OC)nc2C)cs1. The zero-order chi connectivity index (χ0) is 16.1. The first kappa shape index (κ1) is 16.2. The average Bonchev–Trinajstić information content (AvgIpc) is 2.98. The number of urea groups is 1. The molecule has 0 aliphatic carbocycles. The number of carbonyl (C=O) groups excluding carboxylic acids is 1. The number of nitrogens with one attached hydrogen (secondary N) is 2. The van der Waals surface area contributed by atoms with Crippen LogP contribution < -0.4 is 15.4 Å². The van der Waals surface area contributed by atoms with E-state index in [4.69, 9.17) is 4.74 Å². The topological polar surface area (TPSA) is 76.1 Å². The van der Waals surface area contributed by atoms with Gasteiger partial charge in [0.15, 0.2) is 0 Å². The molecule has 0 saturated heterocycles. The summed E-state index contributed by atoms with van der Waals surface area (Å²) in [5.41, 5.74) is 2.23. The van der Waals surface area contributed by atoms with Crippen LogP contribution in [0.25, 0.3) is 0 Å². The molecule has 0 aromatic carbocycles. The molecule has 0 spiro atoms. The van der Waals surface area contributed by atoms with E-state index in [0.717, 1.165) is 17.1 Å². The minimum atomic E-state index is -0.284. The summed E-state index contributed by atoms with van der Waals surface area (Å²) in [6.45, 7) is 5.79. The number of hydrogen-bond donors (Lipinski definition) is 2. The molecular formula is C15H20N4O2S. The van der Waals surface area contributed by atoms with E-state index in [1.54, 1.807) is 30.6 Å². The fourth-order valence-corrected chi connectivity index (χ4v) is 2.74. The average molecular weight is 320 g/mol. The number of aromatic nitrogens is 2. The van der Waals surface area contributed by atoms with Crippen molar-refractivity contribution in [2.45, 2.75) is 33.2 Å². The first-order chi connectivity index (χ1) is 10.5. The lowest BCUT2D eigenvalue weighted by atomic mass is 10.2. The maximum atomic E-state index is 12.1. The van der Waals surface area contributed by atoms with Crippen LogP contribution in [0.5, 0.6) is 5.88 Å². The molecule has 0 bridgehead atoms. The zero-order valence-electron chi connectivity index (χ0n) is 13.1. The Balaban J connectivity index is 1.97. The summed E-state index contributed by atoms with van der Waals surface area (Å²) in [6.07, 6.45) is 0.903. The highest BCUT2D eigenvalue weighted by Gasteiger charge is 2.13. The van der Waals surface area contributed by atoms with Gasteiger partial charge in [0.25, 0.3) is 0 Å². The van der Waals surface area contributed by atoms with Crippen LogP contribution in [0.2, 0.25) is 0 Å². The smallest absolute Gasteiger partial charge is 0.319 e. The summed E-state index contributed by atoms with van der Waals surface area (Å²) in [7, 11) is 1.56. The van der Waals surface area contributed by atoms with Crippen LogP contribution in [0.1, 0.15) is 36.3 Å². The van der Waals surface area contributed by atoms with Crippen molar-refractivity contribution in [3.8, 4) is 5.88 Å². The Morgan fingerprint density at radius 3 is 2.77 bits per heavy atom. The van der Waals surface area contributed by atoms with Crippen molar-refractivity contribution >= 4 is 23.1 Å². The molecular weight excluding hydrogens is 300 g/mol. The number of methoxy groups -OCH3 is 1. The lowest BCUT2D eigenvalue weighted by molar-refractivity contribution is 0.249. The second-order valence-corrected chi connectivity index (χ2v) is 5.77. The summed E-state index contributed by atoms with van der Waals surface area (Å²) < 4.78 is 5.04. The van der Waals surface area contributed by atoms with E-state index in [-0.39, 0.29) is 12.1 Å². The Kier molecular flexibility index (Phi) is 5.32. The van der Waals surface area contributed by atoms with Crippen molar-refractivity contribution in [1.29, 1.82) is 0 Å². The van der Waals surface area contributed by atoms with Crippen LogP contribution in [-0.2, 0) is 6.42 Å². The number of rotatable bonds is 5. The Labute approximate surface area is 133 Å². The van der Waals surface area contributed by atoms with Crippen LogP contribution in [0.4, 0.5) is 10.5 Å². The lowest BCUT2D eigenvalue weighted by Crippen LogP contribution is -2.31. The van der Waals surface area contributed by atoms with E-state index in [0.29, 0.717) is 17.3 Å². The summed E-state index contributed by atoms with van der Waals surface area (Å²) in [5.74, 6) is 0.520. The molecule has 22 heavy (non-hydrogen) atoms. The summed E-state index contributed by atoms with van der Waals surface area (Å²) in [4.78, 5) is 20.8. The second kappa shape index (κ2) is 7.22. The highest BCUT2D eigenvalue weighted by molar-refractivity contribution is 7.09. The second-order valence-electron chi connectivity index (χ2n) is 4.83. The van der Waals surface area contributed by atoms with Crippen molar-refractivity contribution < 1.29 is 9.53 Å². The van der Waals surface area contributed by atoms with Gasteiger partial charge in [-0.1, -0.05) is 6.92 Å². The number of ether oxygens (including phenoxy) is 1. The molecule has 7 heteroatoms. The number of nitrogens with zero attached hydrogens (tertiary/aromatic N) is 2. The van der Waals surface area contributed by atoms with Gasteiger partial charge in [0.1, 0.15) is 0 Å². The van der Waals surface area contributed by atoms with Crippen molar-refractivity contribution in [2.75, 3.05) is 12.4 Å². The van der Waals surface area contributed by atoms with E-state index in [1.807, 2.05) is 19.2 Å². The van der Waals surface area contributed by atoms with E-state index in [1.165, 1.54) is 0 Å². The first-order valence-corrected chi connectivity index (χ1v) is 7.95. The van der Waals surface area contributed by atoms with Gasteiger partial charge in [-0.25, -0.2) is 14.8 Å². The van der Waals surface area contributed by atoms with Crippen LogP contribution in [0, 0.1) is 6.92 Å². The highest BCUT2D eigenvalue weighted by atomic mass is 32.1. The monoisotopic (exact) mass is 320 g/mol. The molecule has 0 saturated carbocycles. The number of aryl methyl sites for hydroxylation is 2. The number of hydrogen-bond acceptors (Lipinski definition) is 5. The van der Waals surface area contributed by atoms with E-state index < -0.39 is 0 Å². The Morgan fingerprint density at radius 2 is 2.18 bits per heavy atom. The van der Waals surface area contributed by atoms with E-state index in [9.17, 15) is 4.79 Å². The molecule has 2 aromatic rings. The van der Waals surface area contributed by atoms with Crippen LogP contribution in [0.3, 0.4) is 0 Å². The van der Waals surface area contributed by atoms with Gasteiger partial charge in [-0.05, 0) is 26.3 Å². The molecule has 118 valence electrons. The minimum Gasteiger partial charge on any atom is -0.481 e. The molecule has 2 N–H and O–H groups in total. The van der Waals surface area contributed by atoms with E-state index in [2.05, 4.69) is 27.5 Å². The molecule has 2 aromatic heterocycles. The van der Waals surface area contributed by atoms with Gasteiger partial charge in [0.05, 0.1) is 35.2 Å². The molecule has 0 aliphatic heterocycles. The Hall–Kier alpha value is -2.15. The van der Waals surface area contributed by atoms with Gasteiger partial charge < -0.3 is 15.4 Å². The van der Waals surface area contributed by atoms with E-state index >= 15 is 0 Å². The molecule has 0 fully saturated rings. The van der Waals surface area contributed by atoms with Gasteiger partial charge in [-0.3, -0.25) is 0 Å². The number of anilines is 1. The highest BCUT2D eigenvalue weighted by Crippen LogP contribution is 2.19. The minimum absolute atomic E-state index is 0.150. The van der Waals surface area contributed by atoms with Crippen molar-refractivity contribution in [2.24, 2.45) is 0 Å². The zero-order valence-corrected chi connectivity index (χ0v) is 14.0. The van der Waals surface area contributed by atoms with Crippen LogP contribution >= 0.6 is 11.3 Å². The molecule has 2 rings (SSSR count). The van der Waals surface area contributed by atoms with Crippen LogP contribution in [-0.4, -0.2) is 23.1 Å². The van der Waals surface area contributed by atoms with Crippen molar-refractivity contribution in [1.82, 2.24) is 15.3 Å². The standard InChI is InChI=1S/C15H20N4O2S/c1-5-14-18-12(8-22-14)10(3)17-15(20)19-11-6-7-13(21-4)16-9(11)2/h6-8,10H,5H2,1-4H3,(H2,17,19,20)/t10-/m0/s1. The third-order valence-corrected chi connectivity index (χ3v) is 4.19. The van der Waals surface area contributed by atoms with Crippen LogP contribution in [0.15, 0.2) is 17.5 Å². The molecule has 6 nitrogen and oxygen atoms in total. The number of thiazole rings is 1. The number of pyridine rings is 1. The number of carbonyl (C=O) groups is 1. The molecule has 2 heterocycles. The summed E-state index contributed by atoms with van der Waals surface area (Å²) >= 11 is 1.61. The number of amides is 2. The summed E-state index contributed by atoms with van der Waals surface area (Å²) in [6, 6.07) is 3.04. The Morgan fingerprint density at radius 1 is 1.41 bits per heavy atom. The van der Waals surface area contributed by atoms with Gasteiger partial charge in [0, 0.05) is 11.4 Å². The van der Waals surface area contributed by atoms with Crippen molar-refractivity contribution in [3.63, 3.8) is 0 Å². The molecule has 0 unspecified atom stereocenters. The maximum absolute atomic E-state index is 12.1. The van der Waals surface area contributed by atoms with Gasteiger partial charge in [-0.2, -0.15) is 0 Å². The summed E-state index contributed by atoms with van der Waals surface area (Å²) in [5, 5.41) is 8.71. The fourth-order valence-electron chi connectivity index (χ4n) is 1.90. The quantitative estimate of drug-likeness (QED) is 0.886. The first-order valence-electron chi connectivity index (χ1n) is 7.07. The third-order valence-electron chi connectivity index (χ3n) is 3.18. The normalized spacial score (nSPS) is 11.8. The Bertz CT molecular complexity index is 657. The molecule has 1 atom stereocenters. The predicted octanol–water partition coefficient (Wildman–Crippen LogP) is 3.30. The molecule has 0 aliphatic rings. The van der Waals surface area contributed by atoms with Crippen molar-refractivity contribution in [3.05, 3.63) is 33.9 Å². The predicted molar refractivity (Wildman–Crippen MR) is 87.6 cm³/mol. The lowest BCUT2D eigenvalue weighted by Gasteiger charge is -2.14. The molecule has 0 radical (unpaired) electrons. The fraction of sp³-hybridized carbons (Fsp3) is 0.400.